The molecule has 0 unspecified atom stereocenters. The molecule has 0 aromatic carbocycles. The molecule has 0 nitrogen and oxygen atoms in total. The molecule has 0 aliphatic rings. The predicted octanol–water partition coefficient (Wildman–Crippen LogP) is 1.76. The Hall–Kier alpha value is 0.363. The van der Waals surface area contributed by atoms with Gasteiger partial charge in [-0.05, 0) is 0 Å². The van der Waals surface area contributed by atoms with Crippen molar-refractivity contribution in [1.29, 1.82) is 0 Å². The van der Waals surface area contributed by atoms with Crippen molar-refractivity contribution in [2.45, 2.75) is 13.8 Å². The van der Waals surface area contributed by atoms with E-state index in [0.717, 1.165) is 0 Å². The molecule has 0 bridgehead atoms. The normalized spacial score (nSPS) is 8.29. The molecule has 0 aromatic rings. The van der Waals surface area contributed by atoms with Crippen molar-refractivity contribution in [3.8, 4) is 0 Å². The fourth-order valence-electron chi connectivity index (χ4n) is 0.326. The van der Waals surface area contributed by atoms with Crippen LogP contribution < -0.4 is 0 Å². The van der Waals surface area contributed by atoms with Crippen LogP contribution in [0.15, 0.2) is 19.7 Å². The number of allylic oxidation sites excluding steroid dienone is 2. The molecule has 0 aliphatic carbocycles. The summed E-state index contributed by atoms with van der Waals surface area (Å²) in [6, 6.07) is 0. The molecule has 0 saturated carbocycles. The zero-order valence-electron chi connectivity index (χ0n) is 4.86. The number of hydrogen-bond donors (Lipinski definition) is 0. The van der Waals surface area contributed by atoms with Gasteiger partial charge >= 0.3 is 56.8 Å². The van der Waals surface area contributed by atoms with E-state index in [9.17, 15) is 0 Å². The van der Waals surface area contributed by atoms with Crippen LogP contribution in [0.1, 0.15) is 13.8 Å². The predicted molar refractivity (Wildman–Crippen MR) is 35.4 cm³/mol. The van der Waals surface area contributed by atoms with E-state index in [1.165, 1.54) is 6.56 Å². The van der Waals surface area contributed by atoms with Crippen molar-refractivity contribution >= 4 is 23.2 Å². The van der Waals surface area contributed by atoms with Crippen molar-refractivity contribution in [3.05, 3.63) is 19.7 Å². The topological polar surface area (TPSA) is 0 Å². The first kappa shape index (κ1) is 7.36. The summed E-state index contributed by atoms with van der Waals surface area (Å²) < 4.78 is 2.74. The molecule has 0 heterocycles. The molecule has 0 saturated heterocycles. The minimum absolute atomic E-state index is 0.432. The Labute approximate surface area is 56.9 Å². The van der Waals surface area contributed by atoms with Gasteiger partial charge in [0, 0.05) is 0 Å². The summed E-state index contributed by atoms with van der Waals surface area (Å²) >= 11 is -0.432. The zero-order chi connectivity index (χ0) is 5.86. The van der Waals surface area contributed by atoms with E-state index in [1.54, 1.807) is 0 Å². The third-order valence-corrected chi connectivity index (χ3v) is 3.35. The van der Waals surface area contributed by atoms with Crippen LogP contribution in [-0.2, 0) is 0 Å². The van der Waals surface area contributed by atoms with Crippen LogP contribution in [0.5, 0.6) is 0 Å². The van der Waals surface area contributed by atoms with Gasteiger partial charge in [-0.1, -0.05) is 0 Å². The average Bonchev–Trinajstić information content (AvgIpc) is 1.27. The molecule has 0 N–H and O–H groups in total. The van der Waals surface area contributed by atoms with Crippen molar-refractivity contribution < 1.29 is 0 Å². The van der Waals surface area contributed by atoms with E-state index in [4.69, 9.17) is 0 Å². The summed E-state index contributed by atoms with van der Waals surface area (Å²) in [5.41, 5.74) is 0. The van der Waals surface area contributed by atoms with Gasteiger partial charge in [-0.3, -0.25) is 0 Å². The van der Waals surface area contributed by atoms with Crippen LogP contribution in [0.2, 0.25) is 0 Å². The first-order valence-electron chi connectivity index (χ1n) is 2.15. The van der Waals surface area contributed by atoms with Gasteiger partial charge in [0.25, 0.3) is 0 Å². The Balaban J connectivity index is 3.32. The van der Waals surface area contributed by atoms with Gasteiger partial charge in [-0.2, -0.15) is 0 Å². The fourth-order valence-corrected chi connectivity index (χ4v) is 2.86. The molecule has 0 rings (SSSR count). The van der Waals surface area contributed by atoms with Crippen molar-refractivity contribution in [2.75, 3.05) is 0 Å². The first-order valence-corrected chi connectivity index (χ1v) is 5.63. The second-order valence-corrected chi connectivity index (χ2v) is 8.39. The van der Waals surface area contributed by atoms with Gasteiger partial charge in [0.2, 0.25) is 0 Å². The molecular weight excluding hydrogens is 281 g/mol. The van der Waals surface area contributed by atoms with Crippen molar-refractivity contribution in [2.24, 2.45) is 0 Å². The summed E-state index contributed by atoms with van der Waals surface area (Å²) in [4.78, 5) is 0. The van der Waals surface area contributed by atoms with Crippen molar-refractivity contribution in [3.63, 3.8) is 0 Å². The minimum atomic E-state index is -0.432. The average molecular weight is 291 g/mol. The molecule has 0 fully saturated rings. The third kappa shape index (κ3) is 6.36. The van der Waals surface area contributed by atoms with Gasteiger partial charge in [-0.15, -0.1) is 0 Å². The van der Waals surface area contributed by atoms with Crippen LogP contribution in [0, 0.1) is 0 Å². The zero-order valence-corrected chi connectivity index (χ0v) is 8.34. The molecule has 0 amide bonds. The van der Waals surface area contributed by atoms with Gasteiger partial charge in [-0.25, -0.2) is 0 Å². The van der Waals surface area contributed by atoms with Gasteiger partial charge in [0.15, 0.2) is 0 Å². The van der Waals surface area contributed by atoms with Crippen LogP contribution in [0.3, 0.4) is 0 Å². The van der Waals surface area contributed by atoms with E-state index in [0.29, 0.717) is 0 Å². The summed E-state index contributed by atoms with van der Waals surface area (Å²) in [6.07, 6.45) is 0. The standard InChI is InChI=1S/2C3H5.Bi/c2*1-3-2;/h2*1H2,2H3;. The summed E-state index contributed by atoms with van der Waals surface area (Å²) in [5.74, 6) is 0. The number of rotatable bonds is 2. The van der Waals surface area contributed by atoms with E-state index in [-0.39, 0.29) is 0 Å². The monoisotopic (exact) mass is 291 g/mol. The van der Waals surface area contributed by atoms with Crippen LogP contribution in [0.25, 0.3) is 0 Å². The molecule has 0 aliphatic heterocycles. The Kier molecular flexibility index (Phi) is 3.55. The molecule has 7 heavy (non-hydrogen) atoms. The maximum absolute atomic E-state index is 3.81. The molecular formula is C6H10Bi. The van der Waals surface area contributed by atoms with Crippen LogP contribution in [0.4, 0.5) is 0 Å². The molecule has 1 heteroatoms. The van der Waals surface area contributed by atoms with E-state index >= 15 is 0 Å². The van der Waals surface area contributed by atoms with Crippen LogP contribution in [-0.4, -0.2) is 23.2 Å². The third-order valence-electron chi connectivity index (χ3n) is 0.382. The van der Waals surface area contributed by atoms with Gasteiger partial charge in [0.1, 0.15) is 0 Å². The Morgan fingerprint density at radius 1 is 1.14 bits per heavy atom. The Bertz CT molecular complexity index is 80.4. The van der Waals surface area contributed by atoms with Crippen LogP contribution >= 0.6 is 0 Å². The fraction of sp³-hybridized carbons (Fsp3) is 0.333. The molecule has 0 aromatic heterocycles. The molecule has 0 atom stereocenters. The summed E-state index contributed by atoms with van der Waals surface area (Å²) in [7, 11) is 0. The second-order valence-electron chi connectivity index (χ2n) is 1.58. The molecule has 0 spiro atoms. The molecule has 1 radical (unpaired) electrons. The Morgan fingerprint density at radius 3 is 1.43 bits per heavy atom. The quantitative estimate of drug-likeness (QED) is 0.680. The van der Waals surface area contributed by atoms with Gasteiger partial charge < -0.3 is 0 Å². The van der Waals surface area contributed by atoms with Gasteiger partial charge in [0.05, 0.1) is 0 Å². The SMILES string of the molecule is C=[C](C)[Bi][C](=C)C. The summed E-state index contributed by atoms with van der Waals surface area (Å²) in [6.45, 7) is 11.8. The maximum atomic E-state index is 3.81. The van der Waals surface area contributed by atoms with E-state index in [1.807, 2.05) is 0 Å². The summed E-state index contributed by atoms with van der Waals surface area (Å²) in [5, 5.41) is 0. The molecule has 39 valence electrons. The van der Waals surface area contributed by atoms with E-state index < -0.39 is 23.2 Å². The Morgan fingerprint density at radius 2 is 1.43 bits per heavy atom. The number of hydrogen-bond acceptors (Lipinski definition) is 0. The second kappa shape index (κ2) is 3.38. The van der Waals surface area contributed by atoms with E-state index in [2.05, 4.69) is 27.0 Å². The van der Waals surface area contributed by atoms with Crippen molar-refractivity contribution in [1.82, 2.24) is 0 Å². The first-order chi connectivity index (χ1) is 3.13.